The third-order valence-corrected chi connectivity index (χ3v) is 4.43. The van der Waals surface area contributed by atoms with Gasteiger partial charge in [-0.15, -0.1) is 0 Å². The topological polar surface area (TPSA) is 79.4 Å². The molecule has 3 heterocycles. The molecular weight excluding hydrogens is 348 g/mol. The van der Waals surface area contributed by atoms with Crippen LogP contribution in [0, 0.1) is 0 Å². The number of rotatable bonds is 4. The fourth-order valence-electron chi connectivity index (χ4n) is 3.06. The molecule has 0 aliphatic carbocycles. The summed E-state index contributed by atoms with van der Waals surface area (Å²) < 4.78 is 0. The van der Waals surface area contributed by atoms with E-state index in [9.17, 15) is 0 Å². The minimum Gasteiger partial charge on any atom is -0.340 e. The van der Waals surface area contributed by atoms with E-state index in [0.717, 1.165) is 45.2 Å². The third kappa shape index (κ3) is 3.19. The number of aromatic nitrogens is 5. The lowest BCUT2D eigenvalue weighted by atomic mass is 10.2. The summed E-state index contributed by atoms with van der Waals surface area (Å²) in [6.07, 6.45) is 3.44. The van der Waals surface area contributed by atoms with Crippen LogP contribution in [0.1, 0.15) is 0 Å². The van der Waals surface area contributed by atoms with Crippen LogP contribution in [0.4, 0.5) is 11.5 Å². The SMILES string of the molecule is c1cc(Nc2ccc(-c3cccnn3)cn2)cc(-c2nc3ccccc3[nH]2)c1. The van der Waals surface area contributed by atoms with Gasteiger partial charge in [-0.05, 0) is 48.5 Å². The van der Waals surface area contributed by atoms with Gasteiger partial charge >= 0.3 is 0 Å². The molecule has 0 spiro atoms. The van der Waals surface area contributed by atoms with Gasteiger partial charge in [-0.3, -0.25) is 0 Å². The van der Waals surface area contributed by atoms with Crippen LogP contribution in [0.3, 0.4) is 0 Å². The summed E-state index contributed by atoms with van der Waals surface area (Å²) in [5, 5.41) is 11.3. The van der Waals surface area contributed by atoms with Gasteiger partial charge in [0.1, 0.15) is 11.6 Å². The van der Waals surface area contributed by atoms with Crippen LogP contribution in [0.5, 0.6) is 0 Å². The summed E-state index contributed by atoms with van der Waals surface area (Å²) in [4.78, 5) is 12.5. The lowest BCUT2D eigenvalue weighted by molar-refractivity contribution is 1.04. The van der Waals surface area contributed by atoms with E-state index in [1.54, 1.807) is 12.4 Å². The maximum absolute atomic E-state index is 4.66. The Bertz CT molecular complexity index is 1200. The fourth-order valence-corrected chi connectivity index (χ4v) is 3.06. The lowest BCUT2D eigenvalue weighted by Gasteiger charge is -2.07. The van der Waals surface area contributed by atoms with Gasteiger partial charge in [0.05, 0.1) is 16.7 Å². The first-order valence-electron chi connectivity index (χ1n) is 8.91. The standard InChI is InChI=1S/C22H16N6/c1-2-8-20-19(7-1)26-22(27-20)15-5-3-6-17(13-15)25-21-11-10-16(14-23-21)18-9-4-12-24-28-18/h1-14H,(H,23,25)(H,26,27). The minimum absolute atomic E-state index is 0.759. The van der Waals surface area contributed by atoms with E-state index < -0.39 is 0 Å². The molecule has 2 N–H and O–H groups in total. The number of aromatic amines is 1. The van der Waals surface area contributed by atoms with E-state index >= 15 is 0 Å². The van der Waals surface area contributed by atoms with Crippen LogP contribution in [0.15, 0.2) is 85.2 Å². The van der Waals surface area contributed by atoms with Gasteiger partial charge in [-0.25, -0.2) is 9.97 Å². The molecule has 0 saturated carbocycles. The second-order valence-corrected chi connectivity index (χ2v) is 6.35. The van der Waals surface area contributed by atoms with E-state index in [2.05, 4.69) is 36.5 Å². The number of hydrogen-bond donors (Lipinski definition) is 2. The number of imidazole rings is 1. The van der Waals surface area contributed by atoms with Crippen LogP contribution in [0.25, 0.3) is 33.7 Å². The third-order valence-electron chi connectivity index (χ3n) is 4.43. The zero-order valence-electron chi connectivity index (χ0n) is 14.9. The second-order valence-electron chi connectivity index (χ2n) is 6.35. The van der Waals surface area contributed by atoms with Crippen LogP contribution < -0.4 is 5.32 Å². The van der Waals surface area contributed by atoms with Crippen molar-refractivity contribution in [2.75, 3.05) is 5.32 Å². The average molecular weight is 364 g/mol. The van der Waals surface area contributed by atoms with Crippen LogP contribution in [0.2, 0.25) is 0 Å². The molecular formula is C22H16N6. The predicted molar refractivity (Wildman–Crippen MR) is 110 cm³/mol. The van der Waals surface area contributed by atoms with Crippen molar-refractivity contribution in [1.29, 1.82) is 0 Å². The van der Waals surface area contributed by atoms with Crippen molar-refractivity contribution in [2.24, 2.45) is 0 Å². The molecule has 0 aliphatic heterocycles. The van der Waals surface area contributed by atoms with Crippen LogP contribution >= 0.6 is 0 Å². The van der Waals surface area contributed by atoms with Crippen molar-refractivity contribution in [1.82, 2.24) is 25.1 Å². The lowest BCUT2D eigenvalue weighted by Crippen LogP contribution is -1.94. The highest BCUT2D eigenvalue weighted by Gasteiger charge is 2.06. The highest BCUT2D eigenvalue weighted by Crippen LogP contribution is 2.25. The van der Waals surface area contributed by atoms with Crippen LogP contribution in [-0.4, -0.2) is 25.1 Å². The first-order valence-corrected chi connectivity index (χ1v) is 8.91. The molecule has 6 heteroatoms. The number of benzene rings is 2. The Balaban J connectivity index is 1.39. The Kier molecular flexibility index (Phi) is 3.99. The summed E-state index contributed by atoms with van der Waals surface area (Å²) in [6.45, 7) is 0. The number of hydrogen-bond acceptors (Lipinski definition) is 5. The molecule has 0 fully saturated rings. The Hall–Kier alpha value is -4.06. The summed E-state index contributed by atoms with van der Waals surface area (Å²) in [6, 6.07) is 23.8. The zero-order valence-corrected chi connectivity index (χ0v) is 14.9. The highest BCUT2D eigenvalue weighted by molar-refractivity contribution is 5.80. The first-order chi connectivity index (χ1) is 13.8. The molecule has 6 nitrogen and oxygen atoms in total. The minimum atomic E-state index is 0.759. The highest BCUT2D eigenvalue weighted by atomic mass is 15.1. The van der Waals surface area contributed by atoms with Gasteiger partial charge in [0.25, 0.3) is 0 Å². The number of pyridine rings is 1. The Morgan fingerprint density at radius 1 is 0.821 bits per heavy atom. The normalized spacial score (nSPS) is 10.9. The molecule has 134 valence electrons. The summed E-state index contributed by atoms with van der Waals surface area (Å²) in [7, 11) is 0. The maximum Gasteiger partial charge on any atom is 0.138 e. The van der Waals surface area contributed by atoms with Crippen molar-refractivity contribution < 1.29 is 0 Å². The first kappa shape index (κ1) is 16.1. The van der Waals surface area contributed by atoms with Crippen molar-refractivity contribution in [3.8, 4) is 22.6 Å². The molecule has 28 heavy (non-hydrogen) atoms. The molecule has 2 aromatic carbocycles. The molecule has 0 amide bonds. The molecule has 5 rings (SSSR count). The number of para-hydroxylation sites is 2. The molecule has 0 unspecified atom stereocenters. The van der Waals surface area contributed by atoms with E-state index in [1.807, 2.05) is 66.7 Å². The quantitative estimate of drug-likeness (QED) is 0.478. The largest absolute Gasteiger partial charge is 0.340 e. The average Bonchev–Trinajstić information content (AvgIpc) is 3.20. The van der Waals surface area contributed by atoms with Gasteiger partial charge in [0.15, 0.2) is 0 Å². The number of H-pyrrole nitrogens is 1. The summed E-state index contributed by atoms with van der Waals surface area (Å²) in [5.74, 6) is 1.60. The Labute approximate surface area is 161 Å². The van der Waals surface area contributed by atoms with E-state index in [-0.39, 0.29) is 0 Å². The van der Waals surface area contributed by atoms with Gasteiger partial charge in [-0.1, -0.05) is 24.3 Å². The molecule has 5 aromatic rings. The Morgan fingerprint density at radius 3 is 2.61 bits per heavy atom. The molecule has 0 saturated heterocycles. The molecule has 0 bridgehead atoms. The summed E-state index contributed by atoms with van der Waals surface area (Å²) in [5.41, 5.74) is 5.66. The number of fused-ring (bicyclic) bond motifs is 1. The van der Waals surface area contributed by atoms with E-state index in [0.29, 0.717) is 0 Å². The van der Waals surface area contributed by atoms with E-state index in [4.69, 9.17) is 0 Å². The molecule has 0 radical (unpaired) electrons. The number of anilines is 2. The molecule has 0 atom stereocenters. The predicted octanol–water partition coefficient (Wildman–Crippen LogP) is 4.83. The molecule has 3 aromatic heterocycles. The smallest absolute Gasteiger partial charge is 0.138 e. The van der Waals surface area contributed by atoms with Gasteiger partial charge < -0.3 is 10.3 Å². The van der Waals surface area contributed by atoms with Gasteiger partial charge in [-0.2, -0.15) is 10.2 Å². The van der Waals surface area contributed by atoms with E-state index in [1.165, 1.54) is 0 Å². The van der Waals surface area contributed by atoms with Crippen LogP contribution in [-0.2, 0) is 0 Å². The van der Waals surface area contributed by atoms with Gasteiger partial charge in [0.2, 0.25) is 0 Å². The fraction of sp³-hybridized carbons (Fsp3) is 0. The van der Waals surface area contributed by atoms with Crippen molar-refractivity contribution >= 4 is 22.5 Å². The number of nitrogens with zero attached hydrogens (tertiary/aromatic N) is 4. The van der Waals surface area contributed by atoms with Gasteiger partial charge in [0, 0.05) is 29.2 Å². The monoisotopic (exact) mass is 364 g/mol. The van der Waals surface area contributed by atoms with Crippen molar-refractivity contribution in [2.45, 2.75) is 0 Å². The number of nitrogens with one attached hydrogen (secondary N) is 2. The van der Waals surface area contributed by atoms with Crippen molar-refractivity contribution in [3.63, 3.8) is 0 Å². The molecule has 0 aliphatic rings. The summed E-state index contributed by atoms with van der Waals surface area (Å²) >= 11 is 0. The zero-order chi connectivity index (χ0) is 18.8. The Morgan fingerprint density at radius 2 is 1.79 bits per heavy atom. The second kappa shape index (κ2) is 6.92. The maximum atomic E-state index is 4.66. The van der Waals surface area contributed by atoms with Crippen molar-refractivity contribution in [3.05, 3.63) is 85.2 Å².